The molecule has 0 unspecified atom stereocenters. The van der Waals surface area contributed by atoms with Crippen LogP contribution < -0.4 is 10.6 Å². The van der Waals surface area contributed by atoms with Crippen LogP contribution in [0.3, 0.4) is 0 Å². The molecule has 0 aliphatic heterocycles. The van der Waals surface area contributed by atoms with Gasteiger partial charge in [-0.1, -0.05) is 47.0 Å². The van der Waals surface area contributed by atoms with Gasteiger partial charge >= 0.3 is 0 Å². The number of anilines is 1. The Kier molecular flexibility index (Phi) is 6.50. The highest BCUT2D eigenvalue weighted by molar-refractivity contribution is 6.35. The molecule has 2 rings (SSSR count). The molecule has 1 amide bonds. The van der Waals surface area contributed by atoms with Gasteiger partial charge < -0.3 is 5.32 Å². The Hall–Kier alpha value is -1.55. The first kappa shape index (κ1) is 19.8. The molecule has 2 aromatic rings. The summed E-state index contributed by atoms with van der Waals surface area (Å²) in [6.07, 6.45) is 0. The zero-order valence-corrected chi connectivity index (χ0v) is 16.7. The molecule has 2 atom stereocenters. The van der Waals surface area contributed by atoms with E-state index in [1.807, 2.05) is 40.7 Å². The van der Waals surface area contributed by atoms with E-state index in [2.05, 4.69) is 22.8 Å². The van der Waals surface area contributed by atoms with E-state index < -0.39 is 0 Å². The van der Waals surface area contributed by atoms with E-state index in [1.54, 1.807) is 12.1 Å². The molecule has 0 saturated heterocycles. The van der Waals surface area contributed by atoms with Gasteiger partial charge in [0.1, 0.15) is 0 Å². The summed E-state index contributed by atoms with van der Waals surface area (Å²) in [6.45, 7) is 9.87. The van der Waals surface area contributed by atoms with E-state index >= 15 is 0 Å². The van der Waals surface area contributed by atoms with Crippen LogP contribution in [0.2, 0.25) is 10.0 Å². The van der Waals surface area contributed by atoms with Crippen molar-refractivity contribution in [3.8, 4) is 0 Å². The third-order valence-electron chi connectivity index (χ3n) is 4.25. The van der Waals surface area contributed by atoms with E-state index in [0.29, 0.717) is 10.0 Å². The minimum absolute atomic E-state index is 0.0769. The summed E-state index contributed by atoms with van der Waals surface area (Å²) in [5.41, 5.74) is 5.10. The van der Waals surface area contributed by atoms with Crippen molar-refractivity contribution in [2.75, 3.05) is 5.32 Å². The van der Waals surface area contributed by atoms with Gasteiger partial charge in [-0.05, 0) is 63.4 Å². The van der Waals surface area contributed by atoms with Crippen molar-refractivity contribution in [3.05, 3.63) is 62.6 Å². The maximum Gasteiger partial charge on any atom is 0.241 e. The molecular formula is C20H24Cl2N2O. The van der Waals surface area contributed by atoms with E-state index in [9.17, 15) is 4.79 Å². The van der Waals surface area contributed by atoms with Crippen molar-refractivity contribution >= 4 is 34.8 Å². The molecular weight excluding hydrogens is 355 g/mol. The summed E-state index contributed by atoms with van der Waals surface area (Å²) in [5, 5.41) is 7.50. The Morgan fingerprint density at radius 1 is 1.00 bits per heavy atom. The molecule has 0 aromatic heterocycles. The third kappa shape index (κ3) is 4.97. The van der Waals surface area contributed by atoms with Crippen LogP contribution in [-0.4, -0.2) is 11.9 Å². The average molecular weight is 379 g/mol. The molecule has 2 aromatic carbocycles. The fraction of sp³-hybridized carbons (Fsp3) is 0.350. The van der Waals surface area contributed by atoms with Gasteiger partial charge in [0.25, 0.3) is 0 Å². The Morgan fingerprint density at radius 3 is 2.16 bits per heavy atom. The van der Waals surface area contributed by atoms with E-state index in [4.69, 9.17) is 23.2 Å². The van der Waals surface area contributed by atoms with Gasteiger partial charge in [0.15, 0.2) is 0 Å². The molecule has 5 heteroatoms. The van der Waals surface area contributed by atoms with Crippen LogP contribution in [0.4, 0.5) is 5.69 Å². The molecule has 25 heavy (non-hydrogen) atoms. The van der Waals surface area contributed by atoms with Crippen LogP contribution in [0.5, 0.6) is 0 Å². The highest BCUT2D eigenvalue weighted by Crippen LogP contribution is 2.27. The van der Waals surface area contributed by atoms with Gasteiger partial charge in [0.2, 0.25) is 5.91 Å². The maximum atomic E-state index is 12.6. The largest absolute Gasteiger partial charge is 0.324 e. The first-order valence-corrected chi connectivity index (χ1v) is 9.04. The lowest BCUT2D eigenvalue weighted by Gasteiger charge is -2.22. The molecule has 134 valence electrons. The topological polar surface area (TPSA) is 41.1 Å². The Labute approximate surface area is 159 Å². The van der Waals surface area contributed by atoms with Crippen LogP contribution in [0.1, 0.15) is 42.1 Å². The van der Waals surface area contributed by atoms with Gasteiger partial charge in [-0.2, -0.15) is 0 Å². The number of benzene rings is 2. The summed E-state index contributed by atoms with van der Waals surface area (Å²) < 4.78 is 0. The van der Waals surface area contributed by atoms with Crippen LogP contribution in [-0.2, 0) is 4.79 Å². The van der Waals surface area contributed by atoms with Crippen molar-refractivity contribution in [3.63, 3.8) is 0 Å². The van der Waals surface area contributed by atoms with Crippen LogP contribution in [0.15, 0.2) is 30.3 Å². The number of hydrogen-bond acceptors (Lipinski definition) is 2. The second kappa shape index (κ2) is 8.22. The molecule has 0 bridgehead atoms. The predicted octanol–water partition coefficient (Wildman–Crippen LogP) is 5.60. The Morgan fingerprint density at radius 2 is 1.60 bits per heavy atom. The molecule has 0 aliphatic rings. The maximum absolute atomic E-state index is 12.6. The number of halogens is 2. The number of carbonyl (C=O) groups is 1. The van der Waals surface area contributed by atoms with Crippen molar-refractivity contribution in [1.82, 2.24) is 5.32 Å². The quantitative estimate of drug-likeness (QED) is 0.710. The molecule has 0 aliphatic carbocycles. The molecule has 2 N–H and O–H groups in total. The Balaban J connectivity index is 2.08. The van der Waals surface area contributed by atoms with Gasteiger partial charge in [-0.25, -0.2) is 0 Å². The fourth-order valence-corrected chi connectivity index (χ4v) is 3.57. The normalized spacial score (nSPS) is 13.4. The van der Waals surface area contributed by atoms with Gasteiger partial charge in [0, 0.05) is 21.8 Å². The van der Waals surface area contributed by atoms with Crippen LogP contribution in [0, 0.1) is 20.8 Å². The first-order chi connectivity index (χ1) is 11.7. The minimum Gasteiger partial charge on any atom is -0.324 e. The van der Waals surface area contributed by atoms with E-state index in [0.717, 1.165) is 22.4 Å². The SMILES string of the molecule is Cc1cc(C)c(NC(=O)[C@@H](C)N[C@@H](C)c2ccc(Cl)cc2Cl)c(C)c1. The summed E-state index contributed by atoms with van der Waals surface area (Å²) in [4.78, 5) is 12.6. The predicted molar refractivity (Wildman–Crippen MR) is 107 cm³/mol. The van der Waals surface area contributed by atoms with Gasteiger partial charge in [-0.15, -0.1) is 0 Å². The van der Waals surface area contributed by atoms with Gasteiger partial charge in [-0.3, -0.25) is 10.1 Å². The van der Waals surface area contributed by atoms with Crippen molar-refractivity contribution in [2.24, 2.45) is 0 Å². The zero-order chi connectivity index (χ0) is 18.7. The first-order valence-electron chi connectivity index (χ1n) is 8.28. The van der Waals surface area contributed by atoms with E-state index in [-0.39, 0.29) is 18.0 Å². The molecule has 0 heterocycles. The van der Waals surface area contributed by atoms with Crippen LogP contribution >= 0.6 is 23.2 Å². The number of nitrogens with one attached hydrogen (secondary N) is 2. The van der Waals surface area contributed by atoms with Crippen molar-refractivity contribution in [2.45, 2.75) is 46.7 Å². The monoisotopic (exact) mass is 378 g/mol. The van der Waals surface area contributed by atoms with Crippen LogP contribution in [0.25, 0.3) is 0 Å². The number of carbonyl (C=O) groups excluding carboxylic acids is 1. The summed E-state index contributed by atoms with van der Waals surface area (Å²) in [5.74, 6) is -0.0769. The molecule has 0 radical (unpaired) electrons. The lowest BCUT2D eigenvalue weighted by atomic mass is 10.0. The fourth-order valence-electron chi connectivity index (χ4n) is 3.00. The zero-order valence-electron chi connectivity index (χ0n) is 15.2. The number of rotatable bonds is 5. The number of hydrogen-bond donors (Lipinski definition) is 2. The average Bonchev–Trinajstić information content (AvgIpc) is 2.50. The highest BCUT2D eigenvalue weighted by Gasteiger charge is 2.19. The molecule has 3 nitrogen and oxygen atoms in total. The number of amides is 1. The summed E-state index contributed by atoms with van der Waals surface area (Å²) in [7, 11) is 0. The van der Waals surface area contributed by atoms with Gasteiger partial charge in [0.05, 0.1) is 6.04 Å². The standard InChI is InChI=1S/C20H24Cl2N2O/c1-11-8-12(2)19(13(3)9-11)24-20(25)15(5)23-14(4)17-7-6-16(21)10-18(17)22/h6-10,14-15,23H,1-5H3,(H,24,25)/t14-,15+/m0/s1. The second-order valence-electron chi connectivity index (χ2n) is 6.54. The van der Waals surface area contributed by atoms with E-state index in [1.165, 1.54) is 5.56 Å². The number of aryl methyl sites for hydroxylation is 3. The molecule has 0 spiro atoms. The summed E-state index contributed by atoms with van der Waals surface area (Å²) >= 11 is 12.2. The van der Waals surface area contributed by atoms with Crippen molar-refractivity contribution in [1.29, 1.82) is 0 Å². The third-order valence-corrected chi connectivity index (χ3v) is 4.81. The Bertz CT molecular complexity index is 766. The lowest BCUT2D eigenvalue weighted by Crippen LogP contribution is -2.39. The second-order valence-corrected chi connectivity index (χ2v) is 7.38. The van der Waals surface area contributed by atoms with Crippen molar-refractivity contribution < 1.29 is 4.79 Å². The molecule has 0 fully saturated rings. The highest BCUT2D eigenvalue weighted by atomic mass is 35.5. The molecule has 0 saturated carbocycles. The minimum atomic E-state index is -0.373. The summed E-state index contributed by atoms with van der Waals surface area (Å²) in [6, 6.07) is 9.06. The smallest absolute Gasteiger partial charge is 0.241 e. The lowest BCUT2D eigenvalue weighted by molar-refractivity contribution is -0.117.